The monoisotopic (exact) mass is 442 g/mol. The summed E-state index contributed by atoms with van der Waals surface area (Å²) in [4.78, 5) is 0. The Morgan fingerprint density at radius 3 is 1.59 bits per heavy atom. The first-order valence-corrected chi connectivity index (χ1v) is 12.3. The highest BCUT2D eigenvalue weighted by molar-refractivity contribution is 5.40. The third-order valence-corrected chi connectivity index (χ3v) is 7.46. The summed E-state index contributed by atoms with van der Waals surface area (Å²) in [5.74, 6) is 6.98. The van der Waals surface area contributed by atoms with E-state index < -0.39 is 0 Å². The number of rotatable bonds is 5. The van der Waals surface area contributed by atoms with E-state index in [9.17, 15) is 0 Å². The van der Waals surface area contributed by atoms with Crippen molar-refractivity contribution in [1.29, 1.82) is 0 Å². The molecule has 0 bridgehead atoms. The van der Waals surface area contributed by atoms with Gasteiger partial charge in [-0.3, -0.25) is 0 Å². The molecule has 1 aliphatic rings. The number of likely N-dealkylation sites (tertiary alicyclic amines) is 1. The van der Waals surface area contributed by atoms with E-state index in [1.807, 2.05) is 6.07 Å². The standard InChI is InChI=1S/C33H32N/c1-5-14-29(15-6-1)18-13-25-34(28-30-16-7-2-8-17-30)26-23-33(24-27-34,31-19-9-3-10-20-31)32-21-11-4-12-22-32/h1-12,14-17,19-22H,23-28H2/q+1. The summed E-state index contributed by atoms with van der Waals surface area (Å²) < 4.78 is 1.02. The van der Waals surface area contributed by atoms with Crippen molar-refractivity contribution in [2.24, 2.45) is 0 Å². The zero-order valence-electron chi connectivity index (χ0n) is 19.7. The Morgan fingerprint density at radius 1 is 0.588 bits per heavy atom. The molecule has 0 unspecified atom stereocenters. The predicted molar refractivity (Wildman–Crippen MR) is 141 cm³/mol. The summed E-state index contributed by atoms with van der Waals surface area (Å²) in [5, 5.41) is 0. The van der Waals surface area contributed by atoms with Gasteiger partial charge in [-0.15, -0.1) is 0 Å². The molecule has 1 nitrogen and oxygen atoms in total. The Bertz CT molecular complexity index is 1190. The molecule has 0 aromatic heterocycles. The minimum atomic E-state index is 0.0633. The van der Waals surface area contributed by atoms with Crippen LogP contribution < -0.4 is 0 Å². The lowest BCUT2D eigenvalue weighted by atomic mass is 9.67. The fourth-order valence-corrected chi connectivity index (χ4v) is 5.52. The first-order valence-electron chi connectivity index (χ1n) is 12.3. The van der Waals surface area contributed by atoms with Gasteiger partial charge in [0, 0.05) is 29.4 Å². The molecule has 0 aliphatic carbocycles. The second kappa shape index (κ2) is 10.1. The topological polar surface area (TPSA) is 0 Å². The molecule has 1 saturated heterocycles. The van der Waals surface area contributed by atoms with Crippen LogP contribution >= 0.6 is 0 Å². The summed E-state index contributed by atoms with van der Waals surface area (Å²) in [6.45, 7) is 4.14. The molecule has 1 heteroatoms. The average molecular weight is 443 g/mol. The maximum absolute atomic E-state index is 3.56. The predicted octanol–water partition coefficient (Wildman–Crippen LogP) is 6.84. The number of hydrogen-bond acceptors (Lipinski definition) is 0. The van der Waals surface area contributed by atoms with E-state index in [0.717, 1.165) is 49.1 Å². The molecule has 4 aromatic rings. The Morgan fingerprint density at radius 2 is 1.06 bits per heavy atom. The van der Waals surface area contributed by atoms with E-state index in [1.54, 1.807) is 0 Å². The summed E-state index contributed by atoms with van der Waals surface area (Å²) in [6.07, 6.45) is 2.25. The third-order valence-electron chi connectivity index (χ3n) is 7.46. The summed E-state index contributed by atoms with van der Waals surface area (Å²) in [6, 6.07) is 43.6. The molecule has 5 rings (SSSR count). The second-order valence-electron chi connectivity index (χ2n) is 9.57. The smallest absolute Gasteiger partial charge is 0.141 e. The molecule has 1 fully saturated rings. The van der Waals surface area contributed by atoms with E-state index in [4.69, 9.17) is 0 Å². The van der Waals surface area contributed by atoms with Gasteiger partial charge >= 0.3 is 0 Å². The highest BCUT2D eigenvalue weighted by Crippen LogP contribution is 2.43. The van der Waals surface area contributed by atoms with Crippen LogP contribution in [0.1, 0.15) is 35.1 Å². The van der Waals surface area contributed by atoms with Crippen molar-refractivity contribution in [1.82, 2.24) is 0 Å². The molecule has 0 atom stereocenters. The number of hydrogen-bond donors (Lipinski definition) is 0. The normalized spacial score (nSPS) is 16.2. The molecule has 4 aromatic carbocycles. The van der Waals surface area contributed by atoms with Crippen molar-refractivity contribution in [2.75, 3.05) is 19.6 Å². The van der Waals surface area contributed by atoms with Crippen LogP contribution in [-0.4, -0.2) is 24.1 Å². The van der Waals surface area contributed by atoms with Crippen LogP contribution in [0, 0.1) is 11.8 Å². The maximum atomic E-state index is 3.56. The number of nitrogens with zero attached hydrogens (tertiary/aromatic N) is 1. The number of quaternary nitrogens is 1. The highest BCUT2D eigenvalue weighted by atomic mass is 15.4. The van der Waals surface area contributed by atoms with Crippen LogP contribution in [0.15, 0.2) is 121 Å². The zero-order valence-corrected chi connectivity index (χ0v) is 19.7. The Balaban J connectivity index is 1.46. The van der Waals surface area contributed by atoms with E-state index in [-0.39, 0.29) is 5.41 Å². The van der Waals surface area contributed by atoms with Crippen LogP contribution in [0.25, 0.3) is 0 Å². The van der Waals surface area contributed by atoms with Crippen molar-refractivity contribution in [2.45, 2.75) is 24.8 Å². The average Bonchev–Trinajstić information content (AvgIpc) is 2.92. The van der Waals surface area contributed by atoms with E-state index in [2.05, 4.69) is 127 Å². The van der Waals surface area contributed by atoms with Crippen LogP contribution in [0.2, 0.25) is 0 Å². The molecule has 0 amide bonds. The lowest BCUT2D eigenvalue weighted by molar-refractivity contribution is -0.940. The maximum Gasteiger partial charge on any atom is 0.141 e. The van der Waals surface area contributed by atoms with Gasteiger partial charge in [0.15, 0.2) is 0 Å². The molecule has 168 valence electrons. The molecule has 1 aliphatic heterocycles. The number of piperidine rings is 1. The third kappa shape index (κ3) is 4.84. The van der Waals surface area contributed by atoms with Gasteiger partial charge in [-0.25, -0.2) is 0 Å². The van der Waals surface area contributed by atoms with Crippen molar-refractivity contribution in [3.8, 4) is 11.8 Å². The summed E-state index contributed by atoms with van der Waals surface area (Å²) in [5.41, 5.74) is 5.44. The van der Waals surface area contributed by atoms with Gasteiger partial charge in [-0.1, -0.05) is 115 Å². The van der Waals surface area contributed by atoms with Crippen molar-refractivity contribution < 1.29 is 4.48 Å². The fraction of sp³-hybridized carbons (Fsp3) is 0.212. The quantitative estimate of drug-likeness (QED) is 0.235. The van der Waals surface area contributed by atoms with E-state index >= 15 is 0 Å². The van der Waals surface area contributed by atoms with Gasteiger partial charge in [0.2, 0.25) is 0 Å². The second-order valence-corrected chi connectivity index (χ2v) is 9.57. The first kappa shape index (κ1) is 22.2. The number of benzene rings is 4. The molecule has 0 radical (unpaired) electrons. The molecular formula is C33H32N+. The lowest BCUT2D eigenvalue weighted by Gasteiger charge is -2.48. The highest BCUT2D eigenvalue weighted by Gasteiger charge is 2.44. The molecule has 0 N–H and O–H groups in total. The van der Waals surface area contributed by atoms with E-state index in [0.29, 0.717) is 0 Å². The van der Waals surface area contributed by atoms with Gasteiger partial charge in [-0.05, 0) is 29.2 Å². The van der Waals surface area contributed by atoms with Crippen molar-refractivity contribution in [3.63, 3.8) is 0 Å². The zero-order chi connectivity index (χ0) is 23.1. The SMILES string of the molecule is C(#Cc1ccccc1)C[N+]1(Cc2ccccc2)CCC(c2ccccc2)(c2ccccc2)CC1. The Labute approximate surface area is 204 Å². The summed E-state index contributed by atoms with van der Waals surface area (Å²) in [7, 11) is 0. The molecule has 34 heavy (non-hydrogen) atoms. The van der Waals surface area contributed by atoms with Gasteiger partial charge in [0.05, 0.1) is 13.1 Å². The Kier molecular flexibility index (Phi) is 6.61. The van der Waals surface area contributed by atoms with Crippen LogP contribution in [0.3, 0.4) is 0 Å². The lowest BCUT2D eigenvalue weighted by Crippen LogP contribution is -2.56. The van der Waals surface area contributed by atoms with Gasteiger partial charge < -0.3 is 4.48 Å². The van der Waals surface area contributed by atoms with E-state index in [1.165, 1.54) is 16.7 Å². The van der Waals surface area contributed by atoms with Gasteiger partial charge in [0.25, 0.3) is 0 Å². The van der Waals surface area contributed by atoms with Crippen LogP contribution in [0.5, 0.6) is 0 Å². The van der Waals surface area contributed by atoms with Crippen LogP contribution in [-0.2, 0) is 12.0 Å². The van der Waals surface area contributed by atoms with Crippen molar-refractivity contribution >= 4 is 0 Å². The van der Waals surface area contributed by atoms with Crippen molar-refractivity contribution in [3.05, 3.63) is 144 Å². The fourth-order valence-electron chi connectivity index (χ4n) is 5.52. The molecule has 0 spiro atoms. The van der Waals surface area contributed by atoms with Crippen LogP contribution in [0.4, 0.5) is 0 Å². The minimum Gasteiger partial charge on any atom is -0.310 e. The Hall–Kier alpha value is -3.60. The largest absolute Gasteiger partial charge is 0.310 e. The molecule has 1 heterocycles. The molecular weight excluding hydrogens is 410 g/mol. The van der Waals surface area contributed by atoms with Gasteiger partial charge in [0.1, 0.15) is 13.1 Å². The first-order chi connectivity index (χ1) is 16.8. The summed E-state index contributed by atoms with van der Waals surface area (Å²) >= 11 is 0. The van der Waals surface area contributed by atoms with Gasteiger partial charge in [-0.2, -0.15) is 0 Å². The minimum absolute atomic E-state index is 0.0633. The molecule has 0 saturated carbocycles.